The molecule has 0 bridgehead atoms. The number of rotatable bonds is 7. The first-order valence-corrected chi connectivity index (χ1v) is 9.85. The lowest BCUT2D eigenvalue weighted by atomic mass is 9.87. The summed E-state index contributed by atoms with van der Waals surface area (Å²) in [7, 11) is 0. The van der Waals surface area contributed by atoms with Crippen LogP contribution in [0.4, 0.5) is 9.18 Å². The van der Waals surface area contributed by atoms with Crippen molar-refractivity contribution in [3.05, 3.63) is 58.7 Å². The number of nitrogens with one attached hydrogen (secondary N) is 1. The molecule has 2 heterocycles. The molecule has 3 rings (SSSR count). The van der Waals surface area contributed by atoms with Crippen LogP contribution in [0, 0.1) is 19.7 Å². The topological polar surface area (TPSA) is 71.4 Å². The van der Waals surface area contributed by atoms with E-state index in [1.165, 1.54) is 24.3 Å². The van der Waals surface area contributed by atoms with Gasteiger partial charge >= 0.3 is 6.03 Å². The highest BCUT2D eigenvalue weighted by molar-refractivity contribution is 6.11. The standard InChI is InChI=1S/C22H26FN3O3/c1-5-11-25-14(3)12-18(15(25)4)19(27)13-26-20(28)22(6-2,24-21(26)29)16-7-9-17(23)10-8-16/h7-10,12H,5-6,11,13H2,1-4H3,(H,24,29). The molecule has 1 aliphatic rings. The molecule has 0 aliphatic carbocycles. The first kappa shape index (κ1) is 20.8. The lowest BCUT2D eigenvalue weighted by molar-refractivity contribution is -0.131. The highest BCUT2D eigenvalue weighted by atomic mass is 19.1. The summed E-state index contributed by atoms with van der Waals surface area (Å²) in [5.41, 5.74) is 1.54. The smallest absolute Gasteiger partial charge is 0.325 e. The van der Waals surface area contributed by atoms with Gasteiger partial charge in [0.25, 0.3) is 5.91 Å². The monoisotopic (exact) mass is 399 g/mol. The summed E-state index contributed by atoms with van der Waals surface area (Å²) in [6.45, 7) is 8.11. The quantitative estimate of drug-likeness (QED) is 0.570. The molecule has 6 nitrogen and oxygen atoms in total. The molecule has 2 aromatic rings. The molecule has 154 valence electrons. The minimum Gasteiger partial charge on any atom is -0.348 e. The van der Waals surface area contributed by atoms with Crippen molar-refractivity contribution in [2.45, 2.75) is 52.6 Å². The molecule has 1 N–H and O–H groups in total. The van der Waals surface area contributed by atoms with Gasteiger partial charge in [0.15, 0.2) is 5.78 Å². The minimum absolute atomic E-state index is 0.282. The fourth-order valence-corrected chi connectivity index (χ4v) is 4.02. The second kappa shape index (κ2) is 7.81. The Morgan fingerprint density at radius 3 is 2.38 bits per heavy atom. The van der Waals surface area contributed by atoms with Gasteiger partial charge < -0.3 is 9.88 Å². The van der Waals surface area contributed by atoms with Crippen LogP contribution in [0.15, 0.2) is 30.3 Å². The summed E-state index contributed by atoms with van der Waals surface area (Å²) < 4.78 is 15.4. The van der Waals surface area contributed by atoms with Crippen LogP contribution in [0.5, 0.6) is 0 Å². The third-order valence-corrected chi connectivity index (χ3v) is 5.67. The molecule has 1 unspecified atom stereocenters. The number of Topliss-reactive ketones (excluding diaryl/α,β-unsaturated/α-hetero) is 1. The average molecular weight is 399 g/mol. The normalized spacial score (nSPS) is 19.0. The van der Waals surface area contributed by atoms with Crippen LogP contribution in [-0.4, -0.2) is 33.7 Å². The number of aryl methyl sites for hydroxylation is 1. The van der Waals surface area contributed by atoms with E-state index in [0.29, 0.717) is 17.5 Å². The third-order valence-electron chi connectivity index (χ3n) is 5.67. The Morgan fingerprint density at radius 1 is 1.14 bits per heavy atom. The molecule has 1 aliphatic heterocycles. The first-order chi connectivity index (χ1) is 13.7. The Bertz CT molecular complexity index is 964. The molecule has 1 aromatic carbocycles. The second-order valence-corrected chi connectivity index (χ2v) is 7.45. The zero-order chi connectivity index (χ0) is 21.3. The van der Waals surface area contributed by atoms with E-state index in [1.807, 2.05) is 13.8 Å². The van der Waals surface area contributed by atoms with Crippen molar-refractivity contribution in [3.63, 3.8) is 0 Å². The molecule has 1 saturated heterocycles. The number of carbonyl (C=O) groups excluding carboxylic acids is 3. The lowest BCUT2D eigenvalue weighted by Gasteiger charge is -2.25. The van der Waals surface area contributed by atoms with E-state index >= 15 is 0 Å². The van der Waals surface area contributed by atoms with Gasteiger partial charge in [-0.15, -0.1) is 0 Å². The molecule has 1 atom stereocenters. The summed E-state index contributed by atoms with van der Waals surface area (Å²) >= 11 is 0. The number of hydrogen-bond acceptors (Lipinski definition) is 3. The van der Waals surface area contributed by atoms with E-state index in [2.05, 4.69) is 16.8 Å². The zero-order valence-electron chi connectivity index (χ0n) is 17.2. The fourth-order valence-electron chi connectivity index (χ4n) is 4.02. The van der Waals surface area contributed by atoms with Crippen LogP contribution in [0.1, 0.15) is 54.0 Å². The lowest BCUT2D eigenvalue weighted by Crippen LogP contribution is -2.43. The van der Waals surface area contributed by atoms with Gasteiger partial charge in [0, 0.05) is 23.5 Å². The Kier molecular flexibility index (Phi) is 5.59. The second-order valence-electron chi connectivity index (χ2n) is 7.45. The van der Waals surface area contributed by atoms with Gasteiger partial charge in [0.05, 0.1) is 6.54 Å². The van der Waals surface area contributed by atoms with Crippen molar-refractivity contribution in [2.24, 2.45) is 0 Å². The summed E-state index contributed by atoms with van der Waals surface area (Å²) in [5, 5.41) is 2.72. The molecule has 29 heavy (non-hydrogen) atoms. The van der Waals surface area contributed by atoms with Crippen LogP contribution >= 0.6 is 0 Å². The van der Waals surface area contributed by atoms with E-state index in [9.17, 15) is 18.8 Å². The van der Waals surface area contributed by atoms with Crippen molar-refractivity contribution in [2.75, 3.05) is 6.54 Å². The maximum atomic E-state index is 13.3. The zero-order valence-corrected chi connectivity index (χ0v) is 17.2. The van der Waals surface area contributed by atoms with Gasteiger partial charge in [-0.05, 0) is 50.5 Å². The summed E-state index contributed by atoms with van der Waals surface area (Å²) in [4.78, 5) is 39.6. The van der Waals surface area contributed by atoms with Crippen molar-refractivity contribution in [1.29, 1.82) is 0 Å². The largest absolute Gasteiger partial charge is 0.348 e. The van der Waals surface area contributed by atoms with Crippen LogP contribution in [0.3, 0.4) is 0 Å². The number of aromatic nitrogens is 1. The predicted molar refractivity (Wildman–Crippen MR) is 107 cm³/mol. The van der Waals surface area contributed by atoms with Gasteiger partial charge in [-0.2, -0.15) is 0 Å². The number of nitrogens with zero attached hydrogens (tertiary/aromatic N) is 2. The maximum absolute atomic E-state index is 13.3. The predicted octanol–water partition coefficient (Wildman–Crippen LogP) is 3.69. The van der Waals surface area contributed by atoms with Gasteiger partial charge in [-0.25, -0.2) is 9.18 Å². The van der Waals surface area contributed by atoms with E-state index in [4.69, 9.17) is 0 Å². The van der Waals surface area contributed by atoms with Crippen molar-refractivity contribution in [3.8, 4) is 0 Å². The summed E-state index contributed by atoms with van der Waals surface area (Å²) in [6, 6.07) is 6.67. The first-order valence-electron chi connectivity index (χ1n) is 9.85. The van der Waals surface area contributed by atoms with Gasteiger partial charge in [0.1, 0.15) is 11.4 Å². The van der Waals surface area contributed by atoms with Crippen molar-refractivity contribution < 1.29 is 18.8 Å². The van der Waals surface area contributed by atoms with Crippen LogP contribution in [0.2, 0.25) is 0 Å². The van der Waals surface area contributed by atoms with Gasteiger partial charge in [-0.1, -0.05) is 26.0 Å². The third kappa shape index (κ3) is 3.45. The number of ketones is 1. The fraction of sp³-hybridized carbons (Fsp3) is 0.409. The molecule has 0 radical (unpaired) electrons. The van der Waals surface area contributed by atoms with Crippen molar-refractivity contribution >= 4 is 17.7 Å². The molecule has 1 aromatic heterocycles. The van der Waals surface area contributed by atoms with Gasteiger partial charge in [0.2, 0.25) is 0 Å². The van der Waals surface area contributed by atoms with Crippen LogP contribution < -0.4 is 5.32 Å². The molecule has 0 saturated carbocycles. The minimum atomic E-state index is -1.29. The Morgan fingerprint density at radius 2 is 1.79 bits per heavy atom. The van der Waals surface area contributed by atoms with Crippen LogP contribution in [0.25, 0.3) is 0 Å². The van der Waals surface area contributed by atoms with Crippen LogP contribution in [-0.2, 0) is 16.9 Å². The van der Waals surface area contributed by atoms with E-state index < -0.39 is 23.3 Å². The Labute approximate surface area is 169 Å². The average Bonchev–Trinajstić information content (AvgIpc) is 3.11. The molecule has 0 spiro atoms. The molecular formula is C22H26FN3O3. The number of benzene rings is 1. The summed E-state index contributed by atoms with van der Waals surface area (Å²) in [5.74, 6) is -1.20. The maximum Gasteiger partial charge on any atom is 0.325 e. The SMILES string of the molecule is CCCn1c(C)cc(C(=O)CN2C(=O)NC(CC)(c3ccc(F)cc3)C2=O)c1C. The Balaban J connectivity index is 1.88. The molecular weight excluding hydrogens is 373 g/mol. The van der Waals surface area contributed by atoms with E-state index in [0.717, 1.165) is 29.3 Å². The number of carbonyl (C=O) groups is 3. The Hall–Kier alpha value is -2.96. The van der Waals surface area contributed by atoms with Gasteiger partial charge in [-0.3, -0.25) is 14.5 Å². The van der Waals surface area contributed by atoms with Crippen molar-refractivity contribution in [1.82, 2.24) is 14.8 Å². The number of imide groups is 1. The number of amides is 3. The summed E-state index contributed by atoms with van der Waals surface area (Å²) in [6.07, 6.45) is 1.23. The molecule has 1 fully saturated rings. The van der Waals surface area contributed by atoms with E-state index in [-0.39, 0.29) is 12.3 Å². The number of halogens is 1. The molecule has 7 heteroatoms. The number of urea groups is 1. The highest BCUT2D eigenvalue weighted by Gasteiger charge is 2.51. The molecule has 3 amide bonds. The van der Waals surface area contributed by atoms with E-state index in [1.54, 1.807) is 13.0 Å². The highest BCUT2D eigenvalue weighted by Crippen LogP contribution is 2.32. The number of hydrogen-bond donors (Lipinski definition) is 1.